The Morgan fingerprint density at radius 3 is 2.10 bits per heavy atom. The molecule has 2 aromatic rings. The summed E-state index contributed by atoms with van der Waals surface area (Å²) in [4.78, 5) is 50.0. The van der Waals surface area contributed by atoms with Gasteiger partial charge < -0.3 is 30.7 Å². The molecule has 41 heavy (non-hydrogen) atoms. The summed E-state index contributed by atoms with van der Waals surface area (Å²) in [6, 6.07) is 17.4. The van der Waals surface area contributed by atoms with Gasteiger partial charge in [-0.3, -0.25) is 9.59 Å². The predicted octanol–water partition coefficient (Wildman–Crippen LogP) is 4.01. The van der Waals surface area contributed by atoms with E-state index in [0.29, 0.717) is 19.4 Å². The lowest BCUT2D eigenvalue weighted by atomic mass is 10.0. The number of hydrogen-bond donors (Lipinski definition) is 4. The van der Waals surface area contributed by atoms with E-state index in [1.807, 2.05) is 67.6 Å². The summed E-state index contributed by atoms with van der Waals surface area (Å²) in [5.41, 5.74) is 1.08. The quantitative estimate of drug-likeness (QED) is 0.202. The van der Waals surface area contributed by atoms with Crippen molar-refractivity contribution in [3.05, 3.63) is 83.9 Å². The van der Waals surface area contributed by atoms with Crippen LogP contribution in [0.5, 0.6) is 0 Å². The normalized spacial score (nSPS) is 12.6. The first kappa shape index (κ1) is 32.9. The van der Waals surface area contributed by atoms with Crippen molar-refractivity contribution in [2.75, 3.05) is 13.1 Å². The summed E-state index contributed by atoms with van der Waals surface area (Å²) in [6.07, 6.45) is 2.76. The molecule has 222 valence electrons. The average Bonchev–Trinajstić information content (AvgIpc) is 2.92. The lowest BCUT2D eigenvalue weighted by Gasteiger charge is -2.25. The van der Waals surface area contributed by atoms with Crippen LogP contribution in [-0.4, -0.2) is 54.8 Å². The van der Waals surface area contributed by atoms with Crippen LogP contribution < -0.4 is 21.3 Å². The summed E-state index contributed by atoms with van der Waals surface area (Å²) >= 11 is 0. The Hall–Kier alpha value is -4.34. The Morgan fingerprint density at radius 1 is 0.854 bits per heavy atom. The monoisotopic (exact) mass is 566 g/mol. The molecule has 2 atom stereocenters. The van der Waals surface area contributed by atoms with Crippen molar-refractivity contribution in [1.29, 1.82) is 0 Å². The Kier molecular flexibility index (Phi) is 13.9. The number of hydrogen-bond acceptors (Lipinski definition) is 6. The predicted molar refractivity (Wildman–Crippen MR) is 157 cm³/mol. The largest absolute Gasteiger partial charge is 0.445 e. The summed E-state index contributed by atoms with van der Waals surface area (Å²) in [7, 11) is 0. The van der Waals surface area contributed by atoms with Crippen LogP contribution in [0.2, 0.25) is 0 Å². The molecule has 0 aromatic heterocycles. The Morgan fingerprint density at radius 2 is 1.49 bits per heavy atom. The van der Waals surface area contributed by atoms with Crippen LogP contribution in [0.3, 0.4) is 0 Å². The van der Waals surface area contributed by atoms with Gasteiger partial charge in [0, 0.05) is 19.2 Å². The maximum absolute atomic E-state index is 13.4. The lowest BCUT2D eigenvalue weighted by Crippen LogP contribution is -2.51. The van der Waals surface area contributed by atoms with E-state index < -0.39 is 35.8 Å². The number of likely N-dealkylation sites (N-methyl/N-ethyl adjacent to an activating group) is 1. The van der Waals surface area contributed by atoms with Gasteiger partial charge in [-0.05, 0) is 58.1 Å². The molecule has 0 aliphatic heterocycles. The molecule has 0 spiro atoms. The van der Waals surface area contributed by atoms with E-state index in [2.05, 4.69) is 21.3 Å². The zero-order valence-corrected chi connectivity index (χ0v) is 24.3. The van der Waals surface area contributed by atoms with Crippen LogP contribution in [0.4, 0.5) is 9.59 Å². The lowest BCUT2D eigenvalue weighted by molar-refractivity contribution is -0.124. The van der Waals surface area contributed by atoms with Gasteiger partial charge in [0.05, 0.1) is 6.04 Å². The van der Waals surface area contributed by atoms with Crippen molar-refractivity contribution in [3.63, 3.8) is 0 Å². The molecule has 0 saturated carbocycles. The minimum Gasteiger partial charge on any atom is -0.445 e. The standard InChI is InChI=1S/C31H42N4O6/c1-5-32-27(36)19-18-25(21-23-13-8-6-9-14-23)34-28(37)26(35-30(39)41-31(2,3)4)17-12-20-33-29(38)40-22-24-15-10-7-11-16-24/h6-11,13-16,18-19,25-26H,5,12,17,20-22H2,1-4H3,(H,32,36)(H,33,38)(H,34,37)(H,35,39)/b19-18+/t25-,26-/m1/s1. The van der Waals surface area contributed by atoms with Crippen LogP contribution in [0.1, 0.15) is 51.7 Å². The van der Waals surface area contributed by atoms with Crippen molar-refractivity contribution < 1.29 is 28.7 Å². The van der Waals surface area contributed by atoms with Crippen LogP contribution in [0.25, 0.3) is 0 Å². The van der Waals surface area contributed by atoms with Gasteiger partial charge in [0.25, 0.3) is 0 Å². The van der Waals surface area contributed by atoms with Crippen molar-refractivity contribution in [2.24, 2.45) is 0 Å². The van der Waals surface area contributed by atoms with E-state index in [0.717, 1.165) is 11.1 Å². The van der Waals surface area contributed by atoms with Crippen molar-refractivity contribution in [3.8, 4) is 0 Å². The maximum Gasteiger partial charge on any atom is 0.408 e. The molecular formula is C31H42N4O6. The number of benzene rings is 2. The smallest absolute Gasteiger partial charge is 0.408 e. The van der Waals surface area contributed by atoms with Gasteiger partial charge >= 0.3 is 12.2 Å². The Labute approximate surface area is 242 Å². The number of nitrogens with one attached hydrogen (secondary N) is 4. The highest BCUT2D eigenvalue weighted by atomic mass is 16.6. The first-order valence-corrected chi connectivity index (χ1v) is 13.8. The fourth-order valence-corrected chi connectivity index (χ4v) is 3.74. The second-order valence-electron chi connectivity index (χ2n) is 10.4. The van der Waals surface area contributed by atoms with E-state index in [1.54, 1.807) is 26.8 Å². The minimum atomic E-state index is -0.942. The van der Waals surface area contributed by atoms with E-state index in [-0.39, 0.29) is 25.5 Å². The highest BCUT2D eigenvalue weighted by Crippen LogP contribution is 2.09. The van der Waals surface area contributed by atoms with Crippen LogP contribution in [0, 0.1) is 0 Å². The Balaban J connectivity index is 2.02. The van der Waals surface area contributed by atoms with Crippen molar-refractivity contribution in [2.45, 2.75) is 71.2 Å². The molecule has 4 N–H and O–H groups in total. The number of carbonyl (C=O) groups is 4. The van der Waals surface area contributed by atoms with Crippen LogP contribution >= 0.6 is 0 Å². The molecule has 0 heterocycles. The van der Waals surface area contributed by atoms with E-state index in [1.165, 1.54) is 6.08 Å². The van der Waals surface area contributed by atoms with Crippen LogP contribution in [0.15, 0.2) is 72.8 Å². The van der Waals surface area contributed by atoms with Gasteiger partial charge in [-0.15, -0.1) is 0 Å². The molecule has 0 saturated heterocycles. The van der Waals surface area contributed by atoms with Gasteiger partial charge in [0.15, 0.2) is 0 Å². The fourth-order valence-electron chi connectivity index (χ4n) is 3.74. The van der Waals surface area contributed by atoms with Crippen molar-refractivity contribution >= 4 is 24.0 Å². The number of carbonyl (C=O) groups excluding carboxylic acids is 4. The molecule has 10 nitrogen and oxygen atoms in total. The summed E-state index contributed by atoms with van der Waals surface area (Å²) in [6.45, 7) is 7.87. The maximum atomic E-state index is 13.4. The molecule has 0 fully saturated rings. The van der Waals surface area contributed by atoms with Crippen molar-refractivity contribution in [1.82, 2.24) is 21.3 Å². The molecule has 10 heteroatoms. The van der Waals surface area contributed by atoms with Gasteiger partial charge in [0.1, 0.15) is 18.2 Å². The number of ether oxygens (including phenoxy) is 2. The average molecular weight is 567 g/mol. The molecule has 0 bridgehead atoms. The number of amides is 4. The van der Waals surface area contributed by atoms with Gasteiger partial charge in [-0.2, -0.15) is 0 Å². The third-order valence-corrected chi connectivity index (χ3v) is 5.62. The minimum absolute atomic E-state index is 0.143. The molecule has 0 radical (unpaired) electrons. The first-order valence-electron chi connectivity index (χ1n) is 13.8. The third kappa shape index (κ3) is 14.6. The Bertz CT molecular complexity index is 1130. The number of alkyl carbamates (subject to hydrolysis) is 2. The van der Waals surface area contributed by atoms with E-state index in [4.69, 9.17) is 9.47 Å². The summed E-state index contributed by atoms with van der Waals surface area (Å²) in [5.74, 6) is -0.711. The van der Waals surface area contributed by atoms with Gasteiger partial charge in [-0.1, -0.05) is 66.7 Å². The zero-order chi connectivity index (χ0) is 30.1. The highest BCUT2D eigenvalue weighted by Gasteiger charge is 2.25. The van der Waals surface area contributed by atoms with Gasteiger partial charge in [0.2, 0.25) is 11.8 Å². The molecule has 0 aliphatic rings. The first-order chi connectivity index (χ1) is 19.6. The topological polar surface area (TPSA) is 135 Å². The zero-order valence-electron chi connectivity index (χ0n) is 24.3. The fraction of sp³-hybridized carbons (Fsp3) is 0.419. The van der Waals surface area contributed by atoms with Crippen LogP contribution in [-0.2, 0) is 32.1 Å². The molecule has 4 amide bonds. The van der Waals surface area contributed by atoms with Gasteiger partial charge in [-0.25, -0.2) is 9.59 Å². The summed E-state index contributed by atoms with van der Waals surface area (Å²) in [5, 5.41) is 10.9. The molecule has 0 aliphatic carbocycles. The SMILES string of the molecule is CCNC(=O)/C=C/[C@H](Cc1ccccc1)NC(=O)[C@@H](CCCNC(=O)OCc1ccccc1)NC(=O)OC(C)(C)C. The second kappa shape index (κ2) is 17.4. The van der Waals surface area contributed by atoms with E-state index >= 15 is 0 Å². The second-order valence-corrected chi connectivity index (χ2v) is 10.4. The summed E-state index contributed by atoms with van der Waals surface area (Å²) < 4.78 is 10.6. The molecule has 0 unspecified atom stereocenters. The van der Waals surface area contributed by atoms with E-state index in [9.17, 15) is 19.2 Å². The molecule has 2 rings (SSSR count). The third-order valence-electron chi connectivity index (χ3n) is 5.62. The number of rotatable bonds is 14. The molecule has 2 aromatic carbocycles. The highest BCUT2D eigenvalue weighted by molar-refractivity contribution is 5.88. The molecular weight excluding hydrogens is 524 g/mol.